The van der Waals surface area contributed by atoms with Crippen LogP contribution in [0, 0.1) is 11.3 Å². The Morgan fingerprint density at radius 3 is 2.90 bits per heavy atom. The highest BCUT2D eigenvalue weighted by Gasteiger charge is 2.15. The van der Waals surface area contributed by atoms with Gasteiger partial charge in [-0.15, -0.1) is 11.8 Å². The Kier molecular flexibility index (Phi) is 7.77. The minimum absolute atomic E-state index is 0.00989. The zero-order valence-electron chi connectivity index (χ0n) is 16.3. The molecule has 30 heavy (non-hydrogen) atoms. The van der Waals surface area contributed by atoms with Crippen LogP contribution in [0.4, 0.5) is 0 Å². The van der Waals surface area contributed by atoms with Crippen LogP contribution in [-0.2, 0) is 17.1 Å². The molecule has 1 amide bonds. The van der Waals surface area contributed by atoms with Gasteiger partial charge in [0.2, 0.25) is 11.8 Å². The minimum Gasteiger partial charge on any atom is -0.479 e. The first-order valence-electron chi connectivity index (χ1n) is 9.24. The molecule has 8 heteroatoms. The molecular formula is C22H20ClN3O3S. The summed E-state index contributed by atoms with van der Waals surface area (Å²) < 4.78 is 11.0. The van der Waals surface area contributed by atoms with Gasteiger partial charge in [-0.1, -0.05) is 23.7 Å². The molecule has 1 aromatic heterocycles. The lowest BCUT2D eigenvalue weighted by Crippen LogP contribution is -2.30. The van der Waals surface area contributed by atoms with Gasteiger partial charge < -0.3 is 14.5 Å². The number of nitrogens with one attached hydrogen (secondary N) is 1. The third kappa shape index (κ3) is 6.28. The van der Waals surface area contributed by atoms with Crippen molar-refractivity contribution in [1.29, 1.82) is 5.26 Å². The van der Waals surface area contributed by atoms with Gasteiger partial charge in [-0.25, -0.2) is 4.98 Å². The molecule has 154 valence electrons. The molecule has 0 saturated heterocycles. The predicted octanol–water partition coefficient (Wildman–Crippen LogP) is 4.84. The summed E-state index contributed by atoms with van der Waals surface area (Å²) in [5, 5.41) is 11.9. The minimum atomic E-state index is -0.270. The fourth-order valence-corrected chi connectivity index (χ4v) is 3.48. The van der Waals surface area contributed by atoms with Crippen molar-refractivity contribution in [2.24, 2.45) is 0 Å². The number of hydrogen-bond donors (Lipinski definition) is 1. The van der Waals surface area contributed by atoms with Gasteiger partial charge >= 0.3 is 0 Å². The van der Waals surface area contributed by atoms with E-state index in [1.807, 2.05) is 37.3 Å². The number of ether oxygens (including phenoxy) is 1. The molecule has 0 aliphatic heterocycles. The molecule has 1 N–H and O–H groups in total. The lowest BCUT2D eigenvalue weighted by molar-refractivity contribution is -0.120. The van der Waals surface area contributed by atoms with E-state index in [-0.39, 0.29) is 17.8 Å². The van der Waals surface area contributed by atoms with E-state index in [0.717, 1.165) is 11.1 Å². The molecule has 1 atom stereocenters. The molecule has 2 aromatic carbocycles. The van der Waals surface area contributed by atoms with Crippen LogP contribution >= 0.6 is 23.4 Å². The third-order valence-electron chi connectivity index (χ3n) is 4.18. The van der Waals surface area contributed by atoms with E-state index >= 15 is 0 Å². The molecule has 0 aliphatic rings. The van der Waals surface area contributed by atoms with Crippen molar-refractivity contribution in [2.75, 3.05) is 6.61 Å². The number of nitrogens with zero attached hydrogens (tertiary/aromatic N) is 2. The van der Waals surface area contributed by atoms with E-state index < -0.39 is 0 Å². The molecule has 6 nitrogen and oxygen atoms in total. The van der Waals surface area contributed by atoms with E-state index in [1.165, 1.54) is 11.8 Å². The summed E-state index contributed by atoms with van der Waals surface area (Å²) in [5.74, 6) is 2.24. The van der Waals surface area contributed by atoms with Gasteiger partial charge in [0.1, 0.15) is 11.8 Å². The monoisotopic (exact) mass is 441 g/mol. The van der Waals surface area contributed by atoms with Crippen molar-refractivity contribution < 1.29 is 13.9 Å². The molecule has 1 unspecified atom stereocenters. The number of nitriles is 1. The lowest BCUT2D eigenvalue weighted by atomic mass is 10.2. The molecular weight excluding hydrogens is 422 g/mol. The zero-order valence-corrected chi connectivity index (χ0v) is 17.9. The van der Waals surface area contributed by atoms with Crippen molar-refractivity contribution in [3.8, 4) is 23.1 Å². The summed E-state index contributed by atoms with van der Waals surface area (Å²) in [7, 11) is 0. The standard InChI is InChI=1S/C22H20ClN3O3S/c1-15(22(27)26-12-16-3-2-4-19(11-16)28-10-9-24)30-14-21-25-13-20(29-21)17-5-7-18(23)8-6-17/h2-8,11,13,15H,10,12,14H2,1H3,(H,26,27). The van der Waals surface area contributed by atoms with Gasteiger partial charge in [0.15, 0.2) is 12.4 Å². The molecule has 0 fully saturated rings. The van der Waals surface area contributed by atoms with Gasteiger partial charge in [-0.2, -0.15) is 5.26 Å². The van der Waals surface area contributed by atoms with Gasteiger partial charge in [-0.3, -0.25) is 4.79 Å². The summed E-state index contributed by atoms with van der Waals surface area (Å²) in [4.78, 5) is 16.7. The Hall–Kier alpha value is -2.95. The van der Waals surface area contributed by atoms with Crippen molar-refractivity contribution >= 4 is 29.3 Å². The number of oxazole rings is 1. The average Bonchev–Trinajstić information content (AvgIpc) is 3.24. The third-order valence-corrected chi connectivity index (χ3v) is 5.56. The van der Waals surface area contributed by atoms with E-state index in [0.29, 0.717) is 34.7 Å². The van der Waals surface area contributed by atoms with Crippen LogP contribution < -0.4 is 10.1 Å². The number of benzene rings is 2. The van der Waals surface area contributed by atoms with Crippen LogP contribution in [0.1, 0.15) is 18.4 Å². The molecule has 0 aliphatic carbocycles. The van der Waals surface area contributed by atoms with Crippen LogP contribution in [0.3, 0.4) is 0 Å². The summed E-state index contributed by atoms with van der Waals surface area (Å²) >= 11 is 7.35. The van der Waals surface area contributed by atoms with E-state index in [4.69, 9.17) is 26.0 Å². The van der Waals surface area contributed by atoms with Crippen molar-refractivity contribution in [2.45, 2.75) is 24.5 Å². The zero-order chi connectivity index (χ0) is 21.3. The van der Waals surface area contributed by atoms with Gasteiger partial charge in [0.25, 0.3) is 0 Å². The number of thioether (sulfide) groups is 1. The fourth-order valence-electron chi connectivity index (χ4n) is 2.59. The first-order chi connectivity index (χ1) is 14.5. The maximum Gasteiger partial charge on any atom is 0.233 e. The molecule has 3 aromatic rings. The number of rotatable bonds is 9. The second-order valence-corrected chi connectivity index (χ2v) is 8.16. The summed E-state index contributed by atoms with van der Waals surface area (Å²) in [6, 6.07) is 16.6. The normalized spacial score (nSPS) is 11.5. The average molecular weight is 442 g/mol. The summed E-state index contributed by atoms with van der Waals surface area (Å²) in [5.41, 5.74) is 1.80. The van der Waals surface area contributed by atoms with Gasteiger partial charge in [0.05, 0.1) is 17.2 Å². The van der Waals surface area contributed by atoms with E-state index in [2.05, 4.69) is 10.3 Å². The van der Waals surface area contributed by atoms with Crippen LogP contribution in [-0.4, -0.2) is 22.7 Å². The number of carbonyl (C=O) groups excluding carboxylic acids is 1. The number of aromatic nitrogens is 1. The highest BCUT2D eigenvalue weighted by atomic mass is 35.5. The maximum absolute atomic E-state index is 12.4. The fraction of sp³-hybridized carbons (Fsp3) is 0.227. The Labute approximate surface area is 184 Å². The first-order valence-corrected chi connectivity index (χ1v) is 10.7. The number of amides is 1. The number of halogens is 1. The highest BCUT2D eigenvalue weighted by Crippen LogP contribution is 2.25. The van der Waals surface area contributed by atoms with Crippen molar-refractivity contribution in [3.05, 3.63) is 71.2 Å². The molecule has 0 bridgehead atoms. The Balaban J connectivity index is 1.47. The van der Waals surface area contributed by atoms with Crippen LogP contribution in [0.25, 0.3) is 11.3 Å². The van der Waals surface area contributed by atoms with E-state index in [9.17, 15) is 4.79 Å². The topological polar surface area (TPSA) is 88.2 Å². The molecule has 1 heterocycles. The largest absolute Gasteiger partial charge is 0.479 e. The second-order valence-electron chi connectivity index (χ2n) is 6.39. The van der Waals surface area contributed by atoms with Gasteiger partial charge in [-0.05, 0) is 48.9 Å². The van der Waals surface area contributed by atoms with Crippen LogP contribution in [0.2, 0.25) is 5.02 Å². The SMILES string of the molecule is CC(SCc1ncc(-c2ccc(Cl)cc2)o1)C(=O)NCc1cccc(OCC#N)c1. The second kappa shape index (κ2) is 10.7. The Morgan fingerprint density at radius 1 is 1.33 bits per heavy atom. The smallest absolute Gasteiger partial charge is 0.233 e. The molecule has 3 rings (SSSR count). The van der Waals surface area contributed by atoms with Crippen LogP contribution in [0.15, 0.2) is 59.1 Å². The Morgan fingerprint density at radius 2 is 2.13 bits per heavy atom. The molecule has 0 spiro atoms. The van der Waals surface area contributed by atoms with Crippen LogP contribution in [0.5, 0.6) is 5.75 Å². The highest BCUT2D eigenvalue weighted by molar-refractivity contribution is 7.99. The summed E-state index contributed by atoms with van der Waals surface area (Å²) in [6.07, 6.45) is 1.67. The maximum atomic E-state index is 12.4. The lowest BCUT2D eigenvalue weighted by Gasteiger charge is -2.12. The molecule has 0 saturated carbocycles. The van der Waals surface area contributed by atoms with Gasteiger partial charge in [0, 0.05) is 17.1 Å². The van der Waals surface area contributed by atoms with Crippen molar-refractivity contribution in [1.82, 2.24) is 10.3 Å². The van der Waals surface area contributed by atoms with E-state index in [1.54, 1.807) is 30.5 Å². The Bertz CT molecular complexity index is 1030. The molecule has 0 radical (unpaired) electrons. The summed E-state index contributed by atoms with van der Waals surface area (Å²) in [6.45, 7) is 2.22. The van der Waals surface area contributed by atoms with Crippen molar-refractivity contribution in [3.63, 3.8) is 0 Å². The first kappa shape index (κ1) is 21.8. The quantitative estimate of drug-likeness (QED) is 0.511. The predicted molar refractivity (Wildman–Crippen MR) is 117 cm³/mol. The number of carbonyl (C=O) groups is 1. The number of hydrogen-bond acceptors (Lipinski definition) is 6.